The number of carbonyl (C=O) groups is 1. The average Bonchev–Trinajstić information content (AvgIpc) is 2.80. The van der Waals surface area contributed by atoms with E-state index in [1.165, 1.54) is 0 Å². The van der Waals surface area contributed by atoms with Crippen molar-refractivity contribution in [3.8, 4) is 0 Å². The molecule has 0 atom stereocenters. The van der Waals surface area contributed by atoms with Gasteiger partial charge >= 0.3 is 0 Å². The summed E-state index contributed by atoms with van der Waals surface area (Å²) in [5.74, 6) is 1.53. The first-order valence-corrected chi connectivity index (χ1v) is 6.47. The molecule has 1 saturated heterocycles. The summed E-state index contributed by atoms with van der Waals surface area (Å²) in [6, 6.07) is 3.73. The Hall–Kier alpha value is -2.44. The number of aryl methyl sites for hydroxylation is 2. The van der Waals surface area contributed by atoms with Gasteiger partial charge in [-0.3, -0.25) is 9.48 Å². The van der Waals surface area contributed by atoms with E-state index in [-0.39, 0.29) is 11.9 Å². The monoisotopic (exact) mass is 272 g/mol. The van der Waals surface area contributed by atoms with Gasteiger partial charge in [0.2, 0.25) is 0 Å². The Kier molecular flexibility index (Phi) is 3.09. The zero-order chi connectivity index (χ0) is 14.1. The highest BCUT2D eigenvalue weighted by atomic mass is 16.2. The fourth-order valence-electron chi connectivity index (χ4n) is 2.17. The summed E-state index contributed by atoms with van der Waals surface area (Å²) < 4.78 is 1.62. The molecule has 2 aromatic heterocycles. The summed E-state index contributed by atoms with van der Waals surface area (Å²) in [4.78, 5) is 22.5. The number of aromatic nitrogens is 4. The third-order valence-electron chi connectivity index (χ3n) is 3.25. The van der Waals surface area contributed by atoms with Gasteiger partial charge in [0.25, 0.3) is 5.91 Å². The van der Waals surface area contributed by atoms with Crippen LogP contribution < -0.4 is 10.2 Å². The molecule has 0 saturated carbocycles. The van der Waals surface area contributed by atoms with Crippen LogP contribution in [0.1, 0.15) is 16.3 Å². The Morgan fingerprint density at radius 1 is 1.40 bits per heavy atom. The van der Waals surface area contributed by atoms with Crippen LogP contribution in [0.3, 0.4) is 0 Å². The minimum atomic E-state index is -0.130. The SMILES string of the molecule is Cc1nccc(N2CC(NC(=O)c3ccn(C)n3)C2)n1. The van der Waals surface area contributed by atoms with Crippen LogP contribution in [-0.4, -0.2) is 44.8 Å². The lowest BCUT2D eigenvalue weighted by atomic mass is 10.1. The predicted molar refractivity (Wildman–Crippen MR) is 73.4 cm³/mol. The van der Waals surface area contributed by atoms with E-state index < -0.39 is 0 Å². The topological polar surface area (TPSA) is 75.9 Å². The summed E-state index contributed by atoms with van der Waals surface area (Å²) in [5.41, 5.74) is 0.448. The maximum Gasteiger partial charge on any atom is 0.272 e. The molecule has 1 amide bonds. The molecule has 7 heteroatoms. The van der Waals surface area contributed by atoms with Gasteiger partial charge in [-0.2, -0.15) is 5.10 Å². The van der Waals surface area contributed by atoms with Crippen LogP contribution in [0.2, 0.25) is 0 Å². The molecule has 0 radical (unpaired) electrons. The van der Waals surface area contributed by atoms with Gasteiger partial charge < -0.3 is 10.2 Å². The quantitative estimate of drug-likeness (QED) is 0.860. The number of hydrogen-bond acceptors (Lipinski definition) is 5. The van der Waals surface area contributed by atoms with Crippen molar-refractivity contribution in [1.29, 1.82) is 0 Å². The molecule has 1 fully saturated rings. The molecule has 0 aromatic carbocycles. The minimum Gasteiger partial charge on any atom is -0.352 e. The smallest absolute Gasteiger partial charge is 0.272 e. The molecule has 0 bridgehead atoms. The first-order chi connectivity index (χ1) is 9.61. The molecule has 1 N–H and O–H groups in total. The van der Waals surface area contributed by atoms with Crippen LogP contribution in [-0.2, 0) is 7.05 Å². The molecule has 1 aliphatic heterocycles. The lowest BCUT2D eigenvalue weighted by molar-refractivity contribution is 0.0924. The maximum absolute atomic E-state index is 11.9. The van der Waals surface area contributed by atoms with Crippen LogP contribution in [0.4, 0.5) is 5.82 Å². The highest BCUT2D eigenvalue weighted by Crippen LogP contribution is 2.17. The summed E-state index contributed by atoms with van der Waals surface area (Å²) in [7, 11) is 1.79. The first-order valence-electron chi connectivity index (χ1n) is 6.47. The third kappa shape index (κ3) is 2.47. The Morgan fingerprint density at radius 2 is 2.20 bits per heavy atom. The number of hydrogen-bond donors (Lipinski definition) is 1. The number of nitrogens with zero attached hydrogens (tertiary/aromatic N) is 5. The molecule has 0 spiro atoms. The Labute approximate surface area is 116 Å². The second kappa shape index (κ2) is 4.92. The van der Waals surface area contributed by atoms with Gasteiger partial charge in [-0.15, -0.1) is 0 Å². The largest absolute Gasteiger partial charge is 0.352 e. The van der Waals surface area contributed by atoms with Crippen LogP contribution in [0, 0.1) is 6.92 Å². The maximum atomic E-state index is 11.9. The number of amides is 1. The molecule has 2 aromatic rings. The van der Waals surface area contributed by atoms with Crippen LogP contribution in [0.15, 0.2) is 24.5 Å². The Morgan fingerprint density at radius 3 is 2.85 bits per heavy atom. The highest BCUT2D eigenvalue weighted by molar-refractivity contribution is 5.92. The fraction of sp³-hybridized carbons (Fsp3) is 0.385. The van der Waals surface area contributed by atoms with E-state index in [0.29, 0.717) is 5.69 Å². The van der Waals surface area contributed by atoms with Crippen molar-refractivity contribution < 1.29 is 4.79 Å². The van der Waals surface area contributed by atoms with E-state index in [2.05, 4.69) is 25.3 Å². The molecular weight excluding hydrogens is 256 g/mol. The number of carbonyl (C=O) groups excluding carboxylic acids is 1. The third-order valence-corrected chi connectivity index (χ3v) is 3.25. The highest BCUT2D eigenvalue weighted by Gasteiger charge is 2.29. The molecule has 104 valence electrons. The molecule has 20 heavy (non-hydrogen) atoms. The Balaban J connectivity index is 1.55. The van der Waals surface area contributed by atoms with Crippen LogP contribution in [0.5, 0.6) is 0 Å². The van der Waals surface area contributed by atoms with Gasteiger partial charge in [-0.1, -0.05) is 0 Å². The first kappa shape index (κ1) is 12.6. The van der Waals surface area contributed by atoms with Gasteiger partial charge in [0.05, 0.1) is 6.04 Å². The molecule has 7 nitrogen and oxygen atoms in total. The van der Waals surface area contributed by atoms with E-state index in [4.69, 9.17) is 0 Å². The van der Waals surface area contributed by atoms with Gasteiger partial charge in [-0.25, -0.2) is 9.97 Å². The standard InChI is InChI=1S/C13H16N6O/c1-9-14-5-3-12(15-9)19-7-10(8-19)16-13(20)11-4-6-18(2)17-11/h3-6,10H,7-8H2,1-2H3,(H,16,20). The van der Waals surface area contributed by atoms with Crippen molar-refractivity contribution in [3.63, 3.8) is 0 Å². The lowest BCUT2D eigenvalue weighted by Crippen LogP contribution is -2.59. The summed E-state index contributed by atoms with van der Waals surface area (Å²) in [6.07, 6.45) is 3.50. The number of nitrogens with one attached hydrogen (secondary N) is 1. The number of anilines is 1. The van der Waals surface area contributed by atoms with Crippen molar-refractivity contribution in [2.75, 3.05) is 18.0 Å². The average molecular weight is 272 g/mol. The van der Waals surface area contributed by atoms with Crippen molar-refractivity contribution >= 4 is 11.7 Å². The van der Waals surface area contributed by atoms with E-state index >= 15 is 0 Å². The normalized spacial score (nSPS) is 15.0. The molecule has 3 heterocycles. The van der Waals surface area contributed by atoms with Gasteiger partial charge in [-0.05, 0) is 19.1 Å². The fourth-order valence-corrected chi connectivity index (χ4v) is 2.17. The van der Waals surface area contributed by atoms with Gasteiger partial charge in [0, 0.05) is 32.5 Å². The van der Waals surface area contributed by atoms with E-state index in [9.17, 15) is 4.79 Å². The summed E-state index contributed by atoms with van der Waals surface area (Å²) in [5, 5.41) is 7.04. The summed E-state index contributed by atoms with van der Waals surface area (Å²) in [6.45, 7) is 3.38. The molecule has 0 unspecified atom stereocenters. The van der Waals surface area contributed by atoms with Crippen LogP contribution in [0.25, 0.3) is 0 Å². The number of rotatable bonds is 3. The van der Waals surface area contributed by atoms with Crippen molar-refractivity contribution in [2.24, 2.45) is 7.05 Å². The molecular formula is C13H16N6O. The van der Waals surface area contributed by atoms with E-state index in [1.807, 2.05) is 13.0 Å². The van der Waals surface area contributed by atoms with Crippen molar-refractivity contribution in [2.45, 2.75) is 13.0 Å². The second-order valence-corrected chi connectivity index (χ2v) is 4.91. The Bertz CT molecular complexity index is 631. The van der Waals surface area contributed by atoms with Gasteiger partial charge in [0.1, 0.15) is 17.3 Å². The zero-order valence-corrected chi connectivity index (χ0v) is 11.4. The van der Waals surface area contributed by atoms with Crippen molar-refractivity contribution in [1.82, 2.24) is 25.1 Å². The zero-order valence-electron chi connectivity index (χ0n) is 11.4. The molecule has 0 aliphatic carbocycles. The van der Waals surface area contributed by atoms with Gasteiger partial charge in [0.15, 0.2) is 0 Å². The minimum absolute atomic E-state index is 0.130. The lowest BCUT2D eigenvalue weighted by Gasteiger charge is -2.40. The van der Waals surface area contributed by atoms with E-state index in [1.54, 1.807) is 30.2 Å². The predicted octanol–water partition coefficient (Wildman–Crippen LogP) is 0.137. The second-order valence-electron chi connectivity index (χ2n) is 4.91. The molecule has 1 aliphatic rings. The van der Waals surface area contributed by atoms with E-state index in [0.717, 1.165) is 24.7 Å². The van der Waals surface area contributed by atoms with Crippen molar-refractivity contribution in [3.05, 3.63) is 36.0 Å². The van der Waals surface area contributed by atoms with Crippen LogP contribution >= 0.6 is 0 Å². The summed E-state index contributed by atoms with van der Waals surface area (Å²) >= 11 is 0. The molecule has 3 rings (SSSR count).